The van der Waals surface area contributed by atoms with Crippen LogP contribution in [0.1, 0.15) is 5.69 Å². The third-order valence-electron chi connectivity index (χ3n) is 4.62. The van der Waals surface area contributed by atoms with Crippen LogP contribution in [0.3, 0.4) is 0 Å². The molecular formula is C20H20ClN3OS. The van der Waals surface area contributed by atoms with Crippen molar-refractivity contribution in [2.75, 3.05) is 31.1 Å². The largest absolute Gasteiger partial charge is 0.506 e. The first kappa shape index (κ1) is 17.3. The molecule has 0 amide bonds. The van der Waals surface area contributed by atoms with Gasteiger partial charge in [-0.05, 0) is 24.3 Å². The van der Waals surface area contributed by atoms with E-state index >= 15 is 0 Å². The van der Waals surface area contributed by atoms with Crippen molar-refractivity contribution in [1.29, 1.82) is 0 Å². The number of piperazine rings is 1. The lowest BCUT2D eigenvalue weighted by atomic mass is 10.2. The van der Waals surface area contributed by atoms with E-state index in [2.05, 4.69) is 15.2 Å². The van der Waals surface area contributed by atoms with Crippen molar-refractivity contribution in [3.63, 3.8) is 0 Å². The van der Waals surface area contributed by atoms with Gasteiger partial charge in [0.15, 0.2) is 0 Å². The van der Waals surface area contributed by atoms with Gasteiger partial charge in [0, 0.05) is 48.7 Å². The second kappa shape index (κ2) is 7.66. The number of nitrogens with zero attached hydrogens (tertiary/aromatic N) is 3. The van der Waals surface area contributed by atoms with Crippen LogP contribution in [0, 0.1) is 0 Å². The Morgan fingerprint density at radius 3 is 2.46 bits per heavy atom. The highest BCUT2D eigenvalue weighted by atomic mass is 35.5. The summed E-state index contributed by atoms with van der Waals surface area (Å²) in [5, 5.41) is 13.9. The normalized spacial score (nSPS) is 15.3. The quantitative estimate of drug-likeness (QED) is 0.718. The van der Waals surface area contributed by atoms with E-state index in [1.165, 1.54) is 0 Å². The summed E-state index contributed by atoms with van der Waals surface area (Å²) in [7, 11) is 0. The fourth-order valence-electron chi connectivity index (χ4n) is 3.21. The van der Waals surface area contributed by atoms with E-state index in [0.717, 1.165) is 59.7 Å². The molecule has 0 bridgehead atoms. The number of benzene rings is 2. The van der Waals surface area contributed by atoms with Crippen molar-refractivity contribution >= 4 is 28.6 Å². The van der Waals surface area contributed by atoms with Crippen molar-refractivity contribution < 1.29 is 5.11 Å². The van der Waals surface area contributed by atoms with Crippen molar-refractivity contribution in [3.8, 4) is 16.3 Å². The van der Waals surface area contributed by atoms with Gasteiger partial charge in [0.05, 0.1) is 11.4 Å². The highest BCUT2D eigenvalue weighted by Crippen LogP contribution is 2.28. The number of hydrogen-bond donors (Lipinski definition) is 1. The van der Waals surface area contributed by atoms with E-state index in [1.807, 2.05) is 42.5 Å². The van der Waals surface area contributed by atoms with Crippen molar-refractivity contribution in [3.05, 3.63) is 64.6 Å². The van der Waals surface area contributed by atoms with Gasteiger partial charge in [-0.1, -0.05) is 35.9 Å². The number of hydrogen-bond acceptors (Lipinski definition) is 5. The van der Waals surface area contributed by atoms with Gasteiger partial charge in [0.2, 0.25) is 0 Å². The molecule has 3 aromatic rings. The van der Waals surface area contributed by atoms with Gasteiger partial charge in [0.1, 0.15) is 10.8 Å². The third-order valence-corrected chi connectivity index (χ3v) is 5.82. The molecule has 0 aliphatic carbocycles. The van der Waals surface area contributed by atoms with Crippen molar-refractivity contribution in [1.82, 2.24) is 9.88 Å². The zero-order valence-electron chi connectivity index (χ0n) is 14.3. The second-order valence-corrected chi connectivity index (χ2v) is 7.70. The zero-order chi connectivity index (χ0) is 17.9. The number of phenolic OH excluding ortho intramolecular Hbond substituents is 1. The SMILES string of the molecule is Oc1ccccc1N1CCN(Cc2csc(-c3ccc(Cl)cc3)n2)CC1. The van der Waals surface area contributed by atoms with Gasteiger partial charge in [-0.15, -0.1) is 11.3 Å². The van der Waals surface area contributed by atoms with E-state index in [0.29, 0.717) is 5.75 Å². The fourth-order valence-corrected chi connectivity index (χ4v) is 4.16. The van der Waals surface area contributed by atoms with Crippen molar-refractivity contribution in [2.24, 2.45) is 0 Å². The molecule has 1 aromatic heterocycles. The minimum atomic E-state index is 0.355. The van der Waals surface area contributed by atoms with E-state index in [9.17, 15) is 5.11 Å². The van der Waals surface area contributed by atoms with Crippen LogP contribution in [0.5, 0.6) is 5.75 Å². The molecule has 1 aliphatic rings. The Bertz CT molecular complexity index is 873. The molecule has 4 nitrogen and oxygen atoms in total. The predicted octanol–water partition coefficient (Wildman–Crippen LogP) is 4.49. The van der Waals surface area contributed by atoms with Crippen LogP contribution in [-0.4, -0.2) is 41.2 Å². The molecule has 134 valence electrons. The Hall–Kier alpha value is -2.08. The summed E-state index contributed by atoms with van der Waals surface area (Å²) in [5.41, 5.74) is 3.14. The highest BCUT2D eigenvalue weighted by molar-refractivity contribution is 7.13. The van der Waals surface area contributed by atoms with E-state index < -0.39 is 0 Å². The summed E-state index contributed by atoms with van der Waals surface area (Å²) in [6.07, 6.45) is 0. The molecule has 2 heterocycles. The van der Waals surface area contributed by atoms with Gasteiger partial charge < -0.3 is 10.0 Å². The summed E-state index contributed by atoms with van der Waals surface area (Å²) in [4.78, 5) is 9.43. The number of halogens is 1. The number of phenols is 1. The molecule has 0 radical (unpaired) electrons. The van der Waals surface area contributed by atoms with Gasteiger partial charge in [-0.25, -0.2) is 4.98 Å². The molecule has 0 unspecified atom stereocenters. The molecule has 0 saturated carbocycles. The van der Waals surface area contributed by atoms with Crippen LogP contribution >= 0.6 is 22.9 Å². The lowest BCUT2D eigenvalue weighted by Gasteiger charge is -2.36. The average molecular weight is 386 g/mol. The maximum Gasteiger partial charge on any atom is 0.138 e. The summed E-state index contributed by atoms with van der Waals surface area (Å²) in [5.74, 6) is 0.355. The minimum Gasteiger partial charge on any atom is -0.506 e. The van der Waals surface area contributed by atoms with E-state index in [-0.39, 0.29) is 0 Å². The number of anilines is 1. The maximum atomic E-state index is 10.0. The standard InChI is InChI=1S/C20H20ClN3OS/c21-16-7-5-15(6-8-16)20-22-17(14-26-20)13-23-9-11-24(12-10-23)18-3-1-2-4-19(18)25/h1-8,14,25H,9-13H2. The summed E-state index contributed by atoms with van der Waals surface area (Å²) < 4.78 is 0. The van der Waals surface area contributed by atoms with E-state index in [4.69, 9.17) is 16.6 Å². The number of thiazole rings is 1. The van der Waals surface area contributed by atoms with Gasteiger partial charge in [-0.3, -0.25) is 4.90 Å². The van der Waals surface area contributed by atoms with Crippen LogP contribution in [0.25, 0.3) is 10.6 Å². The van der Waals surface area contributed by atoms with Crippen LogP contribution in [0.15, 0.2) is 53.9 Å². The molecule has 26 heavy (non-hydrogen) atoms. The van der Waals surface area contributed by atoms with Gasteiger partial charge >= 0.3 is 0 Å². The lowest BCUT2D eigenvalue weighted by molar-refractivity contribution is 0.247. The lowest BCUT2D eigenvalue weighted by Crippen LogP contribution is -2.46. The highest BCUT2D eigenvalue weighted by Gasteiger charge is 2.20. The van der Waals surface area contributed by atoms with Crippen molar-refractivity contribution in [2.45, 2.75) is 6.54 Å². The molecule has 1 fully saturated rings. The summed E-state index contributed by atoms with van der Waals surface area (Å²) >= 11 is 7.63. The third kappa shape index (κ3) is 3.85. The summed E-state index contributed by atoms with van der Waals surface area (Å²) in [6, 6.07) is 15.4. The molecule has 1 aliphatic heterocycles. The Labute approximate surface area is 162 Å². The second-order valence-electron chi connectivity index (χ2n) is 6.40. The first-order chi connectivity index (χ1) is 12.7. The van der Waals surface area contributed by atoms with Gasteiger partial charge in [-0.2, -0.15) is 0 Å². The fraction of sp³-hybridized carbons (Fsp3) is 0.250. The Morgan fingerprint density at radius 1 is 1.00 bits per heavy atom. The predicted molar refractivity (Wildman–Crippen MR) is 108 cm³/mol. The number of aromatic hydroxyl groups is 1. The minimum absolute atomic E-state index is 0.355. The van der Waals surface area contributed by atoms with Crippen LogP contribution in [0.2, 0.25) is 5.02 Å². The first-order valence-electron chi connectivity index (χ1n) is 8.65. The Kier molecular flexibility index (Phi) is 5.11. The summed E-state index contributed by atoms with van der Waals surface area (Å²) in [6.45, 7) is 4.60. The maximum absolute atomic E-state index is 10.0. The Morgan fingerprint density at radius 2 is 1.73 bits per heavy atom. The van der Waals surface area contributed by atoms with Crippen LogP contribution in [-0.2, 0) is 6.54 Å². The monoisotopic (exact) mass is 385 g/mol. The molecule has 4 rings (SSSR count). The van der Waals surface area contributed by atoms with E-state index in [1.54, 1.807) is 17.4 Å². The molecule has 2 aromatic carbocycles. The smallest absolute Gasteiger partial charge is 0.138 e. The molecular weight excluding hydrogens is 366 g/mol. The topological polar surface area (TPSA) is 39.6 Å². The Balaban J connectivity index is 1.36. The molecule has 1 saturated heterocycles. The molecule has 1 N–H and O–H groups in total. The zero-order valence-corrected chi connectivity index (χ0v) is 15.9. The average Bonchev–Trinajstić information content (AvgIpc) is 3.12. The molecule has 0 spiro atoms. The van der Waals surface area contributed by atoms with Crippen LogP contribution < -0.4 is 4.90 Å². The molecule has 6 heteroatoms. The first-order valence-corrected chi connectivity index (χ1v) is 9.90. The number of aromatic nitrogens is 1. The molecule has 0 atom stereocenters. The number of para-hydroxylation sites is 2. The van der Waals surface area contributed by atoms with Crippen LogP contribution in [0.4, 0.5) is 5.69 Å². The number of rotatable bonds is 4. The van der Waals surface area contributed by atoms with Gasteiger partial charge in [0.25, 0.3) is 0 Å².